The van der Waals surface area contributed by atoms with Crippen LogP contribution in [0.1, 0.15) is 25.2 Å². The van der Waals surface area contributed by atoms with Gasteiger partial charge < -0.3 is 14.8 Å². The van der Waals surface area contributed by atoms with E-state index in [1.807, 2.05) is 25.6 Å². The molecular formula is C13H25N3O2. The third-order valence-corrected chi connectivity index (χ3v) is 2.83. The summed E-state index contributed by atoms with van der Waals surface area (Å²) >= 11 is 0. The van der Waals surface area contributed by atoms with Crippen molar-refractivity contribution in [2.45, 2.75) is 39.8 Å². The molecule has 0 amide bonds. The monoisotopic (exact) mass is 255 g/mol. The fourth-order valence-corrected chi connectivity index (χ4v) is 1.78. The van der Waals surface area contributed by atoms with Gasteiger partial charge in [-0.15, -0.1) is 0 Å². The van der Waals surface area contributed by atoms with E-state index in [1.54, 1.807) is 7.11 Å². The fraction of sp³-hybridized carbons (Fsp3) is 0.769. The summed E-state index contributed by atoms with van der Waals surface area (Å²) in [5.41, 5.74) is 1.96. The van der Waals surface area contributed by atoms with Gasteiger partial charge in [-0.05, 0) is 13.8 Å². The molecule has 0 spiro atoms. The number of aromatic nitrogens is 2. The summed E-state index contributed by atoms with van der Waals surface area (Å²) in [6.07, 6.45) is -0.000926. The van der Waals surface area contributed by atoms with Crippen LogP contribution in [0.15, 0.2) is 0 Å². The Labute approximate surface area is 109 Å². The fourth-order valence-electron chi connectivity index (χ4n) is 1.78. The van der Waals surface area contributed by atoms with Crippen molar-refractivity contribution >= 4 is 0 Å². The van der Waals surface area contributed by atoms with E-state index in [0.29, 0.717) is 12.6 Å². The van der Waals surface area contributed by atoms with Gasteiger partial charge in [-0.1, -0.05) is 13.8 Å². The van der Waals surface area contributed by atoms with Gasteiger partial charge >= 0.3 is 0 Å². The van der Waals surface area contributed by atoms with Crippen molar-refractivity contribution in [3.8, 4) is 5.75 Å². The third-order valence-electron chi connectivity index (χ3n) is 2.83. The van der Waals surface area contributed by atoms with Crippen LogP contribution in [0.3, 0.4) is 0 Å². The van der Waals surface area contributed by atoms with E-state index >= 15 is 0 Å². The number of aryl methyl sites for hydroxylation is 2. The van der Waals surface area contributed by atoms with Crippen molar-refractivity contribution in [1.82, 2.24) is 15.1 Å². The molecule has 0 fully saturated rings. The molecule has 18 heavy (non-hydrogen) atoms. The predicted octanol–water partition coefficient (Wildman–Crippen LogP) is 1.43. The van der Waals surface area contributed by atoms with Gasteiger partial charge in [-0.2, -0.15) is 5.10 Å². The Morgan fingerprint density at radius 2 is 2.00 bits per heavy atom. The van der Waals surface area contributed by atoms with Crippen molar-refractivity contribution in [2.24, 2.45) is 7.05 Å². The molecule has 1 atom stereocenters. The van der Waals surface area contributed by atoms with E-state index in [4.69, 9.17) is 9.47 Å². The van der Waals surface area contributed by atoms with E-state index < -0.39 is 0 Å². The minimum absolute atomic E-state index is 0.000926. The number of hydrogen-bond donors (Lipinski definition) is 1. The lowest BCUT2D eigenvalue weighted by molar-refractivity contribution is 0.0784. The van der Waals surface area contributed by atoms with Gasteiger partial charge in [-0.3, -0.25) is 4.68 Å². The van der Waals surface area contributed by atoms with Crippen molar-refractivity contribution in [3.63, 3.8) is 0 Å². The van der Waals surface area contributed by atoms with Crippen LogP contribution in [-0.2, 0) is 11.8 Å². The van der Waals surface area contributed by atoms with Crippen LogP contribution in [-0.4, -0.2) is 42.2 Å². The second kappa shape index (κ2) is 6.75. The topological polar surface area (TPSA) is 48.3 Å². The Morgan fingerprint density at radius 3 is 2.44 bits per heavy atom. The highest BCUT2D eigenvalue weighted by Gasteiger charge is 2.17. The second-order valence-electron chi connectivity index (χ2n) is 4.88. The first-order chi connectivity index (χ1) is 8.45. The summed E-state index contributed by atoms with van der Waals surface area (Å²) < 4.78 is 13.1. The van der Waals surface area contributed by atoms with E-state index in [-0.39, 0.29) is 6.10 Å². The normalized spacial score (nSPS) is 13.1. The molecule has 1 heterocycles. The summed E-state index contributed by atoms with van der Waals surface area (Å²) in [6.45, 7) is 9.53. The quantitative estimate of drug-likeness (QED) is 0.800. The lowest BCUT2D eigenvalue weighted by Gasteiger charge is -2.20. The van der Waals surface area contributed by atoms with Crippen LogP contribution in [0, 0.1) is 13.8 Å². The van der Waals surface area contributed by atoms with Crippen LogP contribution >= 0.6 is 0 Å². The van der Waals surface area contributed by atoms with Gasteiger partial charge in [0.2, 0.25) is 0 Å². The highest BCUT2D eigenvalue weighted by molar-refractivity contribution is 5.32. The summed E-state index contributed by atoms with van der Waals surface area (Å²) in [5.74, 6) is 0.866. The molecule has 1 aromatic rings. The maximum atomic E-state index is 6.02. The predicted molar refractivity (Wildman–Crippen MR) is 72.1 cm³/mol. The maximum absolute atomic E-state index is 6.02. The number of hydrogen-bond acceptors (Lipinski definition) is 4. The highest BCUT2D eigenvalue weighted by atomic mass is 16.5. The third kappa shape index (κ3) is 3.99. The average molecular weight is 255 g/mol. The molecule has 0 saturated carbocycles. The van der Waals surface area contributed by atoms with E-state index in [9.17, 15) is 0 Å². The van der Waals surface area contributed by atoms with Gasteiger partial charge in [0.25, 0.3) is 0 Å². The van der Waals surface area contributed by atoms with Crippen LogP contribution in [0.5, 0.6) is 5.75 Å². The summed E-state index contributed by atoms with van der Waals surface area (Å²) in [6, 6.07) is 0.434. The lowest BCUT2D eigenvalue weighted by atomic mass is 10.3. The Balaban J connectivity index is 2.70. The number of nitrogens with one attached hydrogen (secondary N) is 1. The molecule has 0 bridgehead atoms. The summed E-state index contributed by atoms with van der Waals surface area (Å²) in [7, 11) is 3.61. The van der Waals surface area contributed by atoms with E-state index in [0.717, 1.165) is 23.7 Å². The molecule has 0 aliphatic rings. The maximum Gasteiger partial charge on any atom is 0.163 e. The molecule has 1 aromatic heterocycles. The van der Waals surface area contributed by atoms with Crippen molar-refractivity contribution in [3.05, 3.63) is 11.4 Å². The van der Waals surface area contributed by atoms with Gasteiger partial charge in [0, 0.05) is 26.7 Å². The van der Waals surface area contributed by atoms with E-state index in [1.165, 1.54) is 0 Å². The first-order valence-electron chi connectivity index (χ1n) is 6.34. The SMILES string of the molecule is COCC(CNC(C)C)Oc1c(C)nn(C)c1C. The van der Waals surface area contributed by atoms with Crippen LogP contribution in [0.25, 0.3) is 0 Å². The summed E-state index contributed by atoms with van der Waals surface area (Å²) in [5, 5.41) is 7.71. The minimum Gasteiger partial charge on any atom is -0.483 e. The average Bonchev–Trinajstić information content (AvgIpc) is 2.53. The first kappa shape index (κ1) is 15.0. The highest BCUT2D eigenvalue weighted by Crippen LogP contribution is 2.22. The molecular weight excluding hydrogens is 230 g/mol. The Morgan fingerprint density at radius 1 is 1.33 bits per heavy atom. The Kier molecular flexibility index (Phi) is 5.62. The molecule has 1 rings (SSSR count). The number of nitrogens with zero attached hydrogens (tertiary/aromatic N) is 2. The zero-order valence-corrected chi connectivity index (χ0v) is 12.3. The van der Waals surface area contributed by atoms with Crippen molar-refractivity contribution < 1.29 is 9.47 Å². The Bertz CT molecular complexity index is 375. The molecule has 0 radical (unpaired) electrons. The van der Waals surface area contributed by atoms with Crippen LogP contribution in [0.2, 0.25) is 0 Å². The Hall–Kier alpha value is -1.07. The number of methoxy groups -OCH3 is 1. The van der Waals surface area contributed by atoms with Gasteiger partial charge in [-0.25, -0.2) is 0 Å². The summed E-state index contributed by atoms with van der Waals surface area (Å²) in [4.78, 5) is 0. The van der Waals surface area contributed by atoms with Crippen LogP contribution < -0.4 is 10.1 Å². The van der Waals surface area contributed by atoms with Crippen molar-refractivity contribution in [1.29, 1.82) is 0 Å². The number of ether oxygens (including phenoxy) is 2. The largest absolute Gasteiger partial charge is 0.483 e. The number of rotatable bonds is 7. The van der Waals surface area contributed by atoms with Gasteiger partial charge in [0.1, 0.15) is 11.8 Å². The second-order valence-corrected chi connectivity index (χ2v) is 4.88. The molecule has 0 saturated heterocycles. The molecule has 5 nitrogen and oxygen atoms in total. The molecule has 0 aliphatic carbocycles. The minimum atomic E-state index is -0.000926. The van der Waals surface area contributed by atoms with Gasteiger partial charge in [0.05, 0.1) is 12.3 Å². The standard InChI is InChI=1S/C13H25N3O2/c1-9(2)14-7-12(8-17-6)18-13-10(3)15-16(5)11(13)4/h9,12,14H,7-8H2,1-6H3. The van der Waals surface area contributed by atoms with E-state index in [2.05, 4.69) is 24.3 Å². The molecule has 1 N–H and O–H groups in total. The molecule has 5 heteroatoms. The molecule has 1 unspecified atom stereocenters. The van der Waals surface area contributed by atoms with Crippen molar-refractivity contribution in [2.75, 3.05) is 20.3 Å². The lowest BCUT2D eigenvalue weighted by Crippen LogP contribution is -2.38. The molecule has 0 aromatic carbocycles. The zero-order valence-electron chi connectivity index (χ0n) is 12.3. The molecule has 104 valence electrons. The first-order valence-corrected chi connectivity index (χ1v) is 6.34. The van der Waals surface area contributed by atoms with Crippen LogP contribution in [0.4, 0.5) is 0 Å². The van der Waals surface area contributed by atoms with Gasteiger partial charge in [0.15, 0.2) is 5.75 Å². The smallest absolute Gasteiger partial charge is 0.163 e. The zero-order chi connectivity index (χ0) is 13.7. The molecule has 0 aliphatic heterocycles.